The molecular weight excluding hydrogens is 276 g/mol. The number of amides is 1. The molecular formula is C13H14N4O2S. The summed E-state index contributed by atoms with van der Waals surface area (Å²) in [6.45, 7) is 3.81. The monoisotopic (exact) mass is 290 g/mol. The van der Waals surface area contributed by atoms with Gasteiger partial charge in [0, 0.05) is 5.69 Å². The highest BCUT2D eigenvalue weighted by Crippen LogP contribution is 2.35. The number of anilines is 2. The standard InChI is InChI=1S/C13H14N4O2S/c1-7(2)10-12(17-19)20-13(15-10)16-11(18)8-5-3-4-6-9(8)14/h3-7H,14H2,1-2H3,(H,15,16,18). The van der Waals surface area contributed by atoms with Gasteiger partial charge in [0.25, 0.3) is 5.91 Å². The van der Waals surface area contributed by atoms with Crippen molar-refractivity contribution in [3.05, 3.63) is 40.4 Å². The molecule has 7 heteroatoms. The van der Waals surface area contributed by atoms with E-state index >= 15 is 0 Å². The first-order valence-corrected chi connectivity index (χ1v) is 6.84. The van der Waals surface area contributed by atoms with Crippen molar-refractivity contribution in [3.63, 3.8) is 0 Å². The zero-order valence-corrected chi connectivity index (χ0v) is 11.9. The summed E-state index contributed by atoms with van der Waals surface area (Å²) in [5.74, 6) is -0.295. The van der Waals surface area contributed by atoms with Crippen LogP contribution in [0.15, 0.2) is 29.4 Å². The Kier molecular flexibility index (Phi) is 4.09. The van der Waals surface area contributed by atoms with Gasteiger partial charge in [-0.25, -0.2) is 4.98 Å². The minimum Gasteiger partial charge on any atom is -0.398 e. The van der Waals surface area contributed by atoms with Gasteiger partial charge < -0.3 is 5.73 Å². The number of nitrogens with one attached hydrogen (secondary N) is 1. The van der Waals surface area contributed by atoms with Gasteiger partial charge in [0.15, 0.2) is 10.1 Å². The number of nitrogens with two attached hydrogens (primary N) is 1. The summed E-state index contributed by atoms with van der Waals surface area (Å²) in [4.78, 5) is 27.1. The van der Waals surface area contributed by atoms with Crippen LogP contribution < -0.4 is 11.1 Å². The van der Waals surface area contributed by atoms with Gasteiger partial charge in [0.05, 0.1) is 11.3 Å². The molecule has 0 spiro atoms. The fourth-order valence-corrected chi connectivity index (χ4v) is 2.58. The van der Waals surface area contributed by atoms with Crippen LogP contribution in [0.3, 0.4) is 0 Å². The van der Waals surface area contributed by atoms with Crippen molar-refractivity contribution in [1.82, 2.24) is 4.98 Å². The van der Waals surface area contributed by atoms with Gasteiger partial charge in [-0.2, -0.15) is 0 Å². The lowest BCUT2D eigenvalue weighted by Gasteiger charge is -2.04. The fraction of sp³-hybridized carbons (Fsp3) is 0.231. The average molecular weight is 290 g/mol. The van der Waals surface area contributed by atoms with Crippen LogP contribution in [0.5, 0.6) is 0 Å². The number of carbonyl (C=O) groups excluding carboxylic acids is 1. The molecule has 0 aliphatic rings. The van der Waals surface area contributed by atoms with Gasteiger partial charge in [-0.3, -0.25) is 10.1 Å². The smallest absolute Gasteiger partial charge is 0.259 e. The number of thiazole rings is 1. The van der Waals surface area contributed by atoms with Crippen LogP contribution in [0, 0.1) is 4.91 Å². The largest absolute Gasteiger partial charge is 0.398 e. The second-order valence-corrected chi connectivity index (χ2v) is 5.47. The van der Waals surface area contributed by atoms with Crippen LogP contribution >= 0.6 is 11.3 Å². The molecule has 104 valence electrons. The van der Waals surface area contributed by atoms with Crippen molar-refractivity contribution in [2.24, 2.45) is 5.18 Å². The number of nitroso groups, excluding NO2 is 1. The van der Waals surface area contributed by atoms with E-state index in [-0.39, 0.29) is 16.8 Å². The Bertz CT molecular complexity index is 652. The minimum atomic E-state index is -0.357. The number of rotatable bonds is 4. The molecule has 0 aliphatic carbocycles. The first kappa shape index (κ1) is 14.1. The van der Waals surface area contributed by atoms with Crippen LogP contribution in [0.2, 0.25) is 0 Å². The second-order valence-electron chi connectivity index (χ2n) is 4.50. The van der Waals surface area contributed by atoms with Gasteiger partial charge in [0.2, 0.25) is 0 Å². The lowest BCUT2D eigenvalue weighted by Crippen LogP contribution is -2.13. The van der Waals surface area contributed by atoms with Crippen LogP contribution in [-0.4, -0.2) is 10.9 Å². The summed E-state index contributed by atoms with van der Waals surface area (Å²) in [5.41, 5.74) is 7.08. The van der Waals surface area contributed by atoms with Crippen molar-refractivity contribution in [2.45, 2.75) is 19.8 Å². The molecule has 3 N–H and O–H groups in total. The summed E-state index contributed by atoms with van der Waals surface area (Å²) in [6, 6.07) is 6.75. The number of nitrogens with zero attached hydrogens (tertiary/aromatic N) is 2. The molecule has 0 fully saturated rings. The molecule has 2 rings (SSSR count). The van der Waals surface area contributed by atoms with Gasteiger partial charge in [-0.15, -0.1) is 4.91 Å². The number of aromatic nitrogens is 1. The van der Waals surface area contributed by atoms with E-state index < -0.39 is 0 Å². The summed E-state index contributed by atoms with van der Waals surface area (Å²) >= 11 is 1.05. The molecule has 0 aliphatic heterocycles. The summed E-state index contributed by atoms with van der Waals surface area (Å²) in [6.07, 6.45) is 0. The molecule has 0 atom stereocenters. The number of benzene rings is 1. The third-order valence-corrected chi connectivity index (χ3v) is 3.55. The number of nitrogen functional groups attached to an aromatic ring is 1. The van der Waals surface area contributed by atoms with Crippen molar-refractivity contribution < 1.29 is 4.79 Å². The first-order chi connectivity index (χ1) is 9.52. The van der Waals surface area contributed by atoms with Gasteiger partial charge in [-0.05, 0) is 23.2 Å². The lowest BCUT2D eigenvalue weighted by molar-refractivity contribution is 0.102. The topological polar surface area (TPSA) is 97.4 Å². The number of carbonyl (C=O) groups is 1. The molecule has 1 aromatic carbocycles. The predicted octanol–water partition coefficient (Wildman–Crippen LogP) is 3.50. The molecule has 2 aromatic rings. The van der Waals surface area contributed by atoms with Crippen molar-refractivity contribution in [3.8, 4) is 0 Å². The van der Waals surface area contributed by atoms with E-state index in [4.69, 9.17) is 5.73 Å². The summed E-state index contributed by atoms with van der Waals surface area (Å²) < 4.78 is 0. The molecule has 0 radical (unpaired) electrons. The Labute approximate surface area is 120 Å². The van der Waals surface area contributed by atoms with Crippen molar-refractivity contribution in [2.75, 3.05) is 11.1 Å². The number of hydrogen-bond donors (Lipinski definition) is 2. The maximum absolute atomic E-state index is 12.1. The maximum atomic E-state index is 12.1. The Morgan fingerprint density at radius 1 is 1.40 bits per heavy atom. The normalized spacial score (nSPS) is 10.6. The lowest BCUT2D eigenvalue weighted by atomic mass is 10.1. The third-order valence-electron chi connectivity index (χ3n) is 2.69. The Morgan fingerprint density at radius 2 is 2.10 bits per heavy atom. The minimum absolute atomic E-state index is 0.0615. The molecule has 6 nitrogen and oxygen atoms in total. The molecule has 20 heavy (non-hydrogen) atoms. The molecule has 0 bridgehead atoms. The molecule has 1 amide bonds. The van der Waals surface area contributed by atoms with Gasteiger partial charge in [-0.1, -0.05) is 37.3 Å². The summed E-state index contributed by atoms with van der Waals surface area (Å²) in [7, 11) is 0. The Morgan fingerprint density at radius 3 is 2.65 bits per heavy atom. The highest BCUT2D eigenvalue weighted by Gasteiger charge is 2.17. The first-order valence-electron chi connectivity index (χ1n) is 6.03. The van der Waals surface area contributed by atoms with E-state index in [1.165, 1.54) is 0 Å². The molecule has 0 saturated heterocycles. The van der Waals surface area contributed by atoms with E-state index in [2.05, 4.69) is 15.5 Å². The third kappa shape index (κ3) is 2.83. The summed E-state index contributed by atoms with van der Waals surface area (Å²) in [5, 5.41) is 6.21. The van der Waals surface area contributed by atoms with Gasteiger partial charge in [0.1, 0.15) is 0 Å². The number of para-hydroxylation sites is 1. The predicted molar refractivity (Wildman–Crippen MR) is 80.5 cm³/mol. The highest BCUT2D eigenvalue weighted by molar-refractivity contribution is 7.19. The zero-order valence-electron chi connectivity index (χ0n) is 11.1. The molecule has 0 saturated carbocycles. The average Bonchev–Trinajstić information content (AvgIpc) is 2.82. The Hall–Kier alpha value is -2.28. The van der Waals surface area contributed by atoms with Gasteiger partial charge >= 0.3 is 0 Å². The number of hydrogen-bond acceptors (Lipinski definition) is 6. The van der Waals surface area contributed by atoms with E-state index in [9.17, 15) is 9.70 Å². The molecule has 1 aromatic heterocycles. The van der Waals surface area contributed by atoms with Crippen LogP contribution in [-0.2, 0) is 0 Å². The Balaban J connectivity index is 2.24. The van der Waals surface area contributed by atoms with E-state index in [1.54, 1.807) is 24.3 Å². The van der Waals surface area contributed by atoms with Crippen LogP contribution in [0.1, 0.15) is 35.8 Å². The van der Waals surface area contributed by atoms with Crippen LogP contribution in [0.25, 0.3) is 0 Å². The quantitative estimate of drug-likeness (QED) is 0.665. The maximum Gasteiger partial charge on any atom is 0.259 e. The molecule has 1 heterocycles. The zero-order chi connectivity index (χ0) is 14.7. The van der Waals surface area contributed by atoms with E-state index in [0.29, 0.717) is 22.1 Å². The van der Waals surface area contributed by atoms with Crippen LogP contribution in [0.4, 0.5) is 15.8 Å². The SMILES string of the molecule is CC(C)c1nc(NC(=O)c2ccccc2N)sc1N=O. The fourth-order valence-electron chi connectivity index (χ4n) is 1.69. The van der Waals surface area contributed by atoms with E-state index in [1.807, 2.05) is 13.8 Å². The van der Waals surface area contributed by atoms with E-state index in [0.717, 1.165) is 11.3 Å². The molecule has 0 unspecified atom stereocenters. The highest BCUT2D eigenvalue weighted by atomic mass is 32.1. The van der Waals surface area contributed by atoms with Crippen molar-refractivity contribution in [1.29, 1.82) is 0 Å². The van der Waals surface area contributed by atoms with Crippen molar-refractivity contribution >= 4 is 33.1 Å². The second kappa shape index (κ2) is 5.79.